The van der Waals surface area contributed by atoms with Crippen molar-refractivity contribution in [1.82, 2.24) is 0 Å². The molecule has 0 bridgehead atoms. The van der Waals surface area contributed by atoms with Crippen LogP contribution in [-0.2, 0) is 11.2 Å². The van der Waals surface area contributed by atoms with E-state index in [1.807, 2.05) is 31.2 Å². The highest BCUT2D eigenvalue weighted by molar-refractivity contribution is 5.99. The summed E-state index contributed by atoms with van der Waals surface area (Å²) in [6.45, 7) is 3.94. The fourth-order valence-corrected chi connectivity index (χ4v) is 3.32. The van der Waals surface area contributed by atoms with Gasteiger partial charge in [0.25, 0.3) is 0 Å². The Hall–Kier alpha value is -2.23. The molecule has 0 radical (unpaired) electrons. The first-order valence-electron chi connectivity index (χ1n) is 8.18. The molecule has 2 nitrogen and oxygen atoms in total. The van der Waals surface area contributed by atoms with E-state index in [1.54, 1.807) is 11.9 Å². The Morgan fingerprint density at radius 3 is 2.29 bits per heavy atom. The molecule has 0 heterocycles. The van der Waals surface area contributed by atoms with E-state index in [2.05, 4.69) is 6.92 Å². The molecule has 0 spiro atoms. The van der Waals surface area contributed by atoms with Gasteiger partial charge in [0, 0.05) is 18.8 Å². The molecule has 0 saturated heterocycles. The Bertz CT molecular complexity index is 751. The van der Waals surface area contributed by atoms with Crippen molar-refractivity contribution in [2.75, 3.05) is 11.9 Å². The summed E-state index contributed by atoms with van der Waals surface area (Å²) >= 11 is 0. The number of carbonyl (C=O) groups excluding carboxylic acids is 1. The topological polar surface area (TPSA) is 20.3 Å². The Kier molecular flexibility index (Phi) is 4.16. The summed E-state index contributed by atoms with van der Waals surface area (Å²) in [5.74, 6) is -1.38. The lowest BCUT2D eigenvalue weighted by Gasteiger charge is -2.22. The number of halogens is 2. The lowest BCUT2D eigenvalue weighted by molar-refractivity contribution is -0.123. The molecular formula is C20H21F2NO. The van der Waals surface area contributed by atoms with Crippen LogP contribution < -0.4 is 4.90 Å². The molecule has 2 aromatic rings. The number of carbonyl (C=O) groups is 1. The van der Waals surface area contributed by atoms with Gasteiger partial charge in [-0.15, -0.1) is 0 Å². The molecule has 4 heteroatoms. The van der Waals surface area contributed by atoms with Crippen molar-refractivity contribution in [1.29, 1.82) is 0 Å². The third-order valence-corrected chi connectivity index (χ3v) is 5.05. The zero-order chi connectivity index (χ0) is 17.5. The van der Waals surface area contributed by atoms with Crippen molar-refractivity contribution < 1.29 is 13.6 Å². The minimum absolute atomic E-state index is 0.0265. The van der Waals surface area contributed by atoms with Crippen LogP contribution in [0.5, 0.6) is 0 Å². The first-order valence-corrected chi connectivity index (χ1v) is 8.18. The number of aryl methyl sites for hydroxylation is 1. The number of rotatable bonds is 4. The number of amides is 1. The minimum Gasteiger partial charge on any atom is -0.315 e. The van der Waals surface area contributed by atoms with Gasteiger partial charge >= 0.3 is 0 Å². The number of benzene rings is 2. The van der Waals surface area contributed by atoms with Crippen LogP contribution in [0.2, 0.25) is 0 Å². The summed E-state index contributed by atoms with van der Waals surface area (Å²) in [6, 6.07) is 11.4. The lowest BCUT2D eigenvalue weighted by Crippen LogP contribution is -2.33. The predicted octanol–water partition coefficient (Wildman–Crippen LogP) is 4.68. The summed E-state index contributed by atoms with van der Waals surface area (Å²) in [4.78, 5) is 14.5. The second-order valence-corrected chi connectivity index (χ2v) is 6.76. The van der Waals surface area contributed by atoms with Gasteiger partial charge in [0.05, 0.1) is 5.41 Å². The van der Waals surface area contributed by atoms with Crippen molar-refractivity contribution in [2.45, 2.75) is 32.6 Å². The van der Waals surface area contributed by atoms with Crippen molar-refractivity contribution >= 4 is 11.6 Å². The average molecular weight is 329 g/mol. The first-order chi connectivity index (χ1) is 11.3. The van der Waals surface area contributed by atoms with Crippen LogP contribution in [0.15, 0.2) is 42.5 Å². The number of nitrogens with zero attached hydrogens (tertiary/aromatic N) is 1. The van der Waals surface area contributed by atoms with E-state index in [4.69, 9.17) is 0 Å². The van der Waals surface area contributed by atoms with Gasteiger partial charge in [-0.25, -0.2) is 8.78 Å². The van der Waals surface area contributed by atoms with Crippen molar-refractivity contribution in [3.63, 3.8) is 0 Å². The van der Waals surface area contributed by atoms with Gasteiger partial charge in [-0.3, -0.25) is 4.79 Å². The zero-order valence-corrected chi connectivity index (χ0v) is 14.1. The summed E-state index contributed by atoms with van der Waals surface area (Å²) in [7, 11) is 1.75. The first kappa shape index (κ1) is 16.6. The number of hydrogen-bond acceptors (Lipinski definition) is 1. The standard InChI is InChI=1S/C20H21F2NO/c1-4-13-5-7-17(8-6-13)23(3)19(24)20(2)12-18(20)14-9-15(21)11-16(22)10-14/h5-11,18H,4,12H2,1-3H3. The Morgan fingerprint density at radius 2 is 1.75 bits per heavy atom. The third kappa shape index (κ3) is 2.93. The quantitative estimate of drug-likeness (QED) is 0.797. The van der Waals surface area contributed by atoms with Crippen LogP contribution in [0.3, 0.4) is 0 Å². The van der Waals surface area contributed by atoms with E-state index in [1.165, 1.54) is 17.7 Å². The smallest absolute Gasteiger partial charge is 0.233 e. The Labute approximate surface area is 141 Å². The lowest BCUT2D eigenvalue weighted by atomic mass is 9.99. The van der Waals surface area contributed by atoms with Crippen LogP contribution in [-0.4, -0.2) is 13.0 Å². The molecule has 1 amide bonds. The van der Waals surface area contributed by atoms with Crippen LogP contribution in [0, 0.1) is 17.0 Å². The van der Waals surface area contributed by atoms with Crippen molar-refractivity contribution in [3.05, 3.63) is 65.2 Å². The summed E-state index contributed by atoms with van der Waals surface area (Å²) in [6.07, 6.45) is 1.55. The zero-order valence-electron chi connectivity index (χ0n) is 14.1. The third-order valence-electron chi connectivity index (χ3n) is 5.05. The molecule has 2 unspecified atom stereocenters. The minimum atomic E-state index is -0.613. The van der Waals surface area contributed by atoms with E-state index in [0.29, 0.717) is 12.0 Å². The molecule has 24 heavy (non-hydrogen) atoms. The summed E-state index contributed by atoms with van der Waals surface area (Å²) < 4.78 is 26.9. The van der Waals surface area contributed by atoms with Gasteiger partial charge in [-0.2, -0.15) is 0 Å². The molecule has 1 aliphatic carbocycles. The highest BCUT2D eigenvalue weighted by atomic mass is 19.1. The maximum atomic E-state index is 13.4. The SMILES string of the molecule is CCc1ccc(N(C)C(=O)C2(C)CC2c2cc(F)cc(F)c2)cc1. The van der Waals surface area contributed by atoms with E-state index in [0.717, 1.165) is 18.2 Å². The largest absolute Gasteiger partial charge is 0.315 e. The van der Waals surface area contributed by atoms with Gasteiger partial charge in [0.1, 0.15) is 11.6 Å². The van der Waals surface area contributed by atoms with E-state index in [-0.39, 0.29) is 11.8 Å². The second kappa shape index (κ2) is 6.00. The highest BCUT2D eigenvalue weighted by Gasteiger charge is 2.57. The van der Waals surface area contributed by atoms with Crippen LogP contribution >= 0.6 is 0 Å². The maximum absolute atomic E-state index is 13.4. The van der Waals surface area contributed by atoms with Crippen LogP contribution in [0.1, 0.15) is 37.3 Å². The molecule has 0 aromatic heterocycles. The van der Waals surface area contributed by atoms with Gasteiger partial charge in [-0.05, 0) is 54.2 Å². The van der Waals surface area contributed by atoms with E-state index in [9.17, 15) is 13.6 Å². The molecule has 2 aromatic carbocycles. The molecule has 1 aliphatic rings. The van der Waals surface area contributed by atoms with Gasteiger partial charge in [-0.1, -0.05) is 26.0 Å². The molecule has 0 aliphatic heterocycles. The maximum Gasteiger partial charge on any atom is 0.233 e. The average Bonchev–Trinajstić information content (AvgIpc) is 3.26. The van der Waals surface area contributed by atoms with E-state index >= 15 is 0 Å². The van der Waals surface area contributed by atoms with Gasteiger partial charge < -0.3 is 4.90 Å². The second-order valence-electron chi connectivity index (χ2n) is 6.76. The molecule has 1 saturated carbocycles. The molecule has 3 rings (SSSR count). The number of hydrogen-bond donors (Lipinski definition) is 0. The molecule has 126 valence electrons. The molecule has 0 N–H and O–H groups in total. The Morgan fingerprint density at radius 1 is 1.17 bits per heavy atom. The van der Waals surface area contributed by atoms with Gasteiger partial charge in [0.2, 0.25) is 5.91 Å². The van der Waals surface area contributed by atoms with Crippen LogP contribution in [0.4, 0.5) is 14.5 Å². The molecular weight excluding hydrogens is 308 g/mol. The summed E-state index contributed by atoms with van der Waals surface area (Å²) in [5.41, 5.74) is 1.98. The monoisotopic (exact) mass is 329 g/mol. The summed E-state index contributed by atoms with van der Waals surface area (Å²) in [5, 5.41) is 0. The van der Waals surface area contributed by atoms with Crippen molar-refractivity contribution in [3.8, 4) is 0 Å². The highest BCUT2D eigenvalue weighted by Crippen LogP contribution is 2.60. The number of anilines is 1. The fourth-order valence-electron chi connectivity index (χ4n) is 3.32. The van der Waals surface area contributed by atoms with Crippen molar-refractivity contribution in [2.24, 2.45) is 5.41 Å². The normalized spacial score (nSPS) is 22.3. The van der Waals surface area contributed by atoms with E-state index < -0.39 is 17.0 Å². The molecule has 2 atom stereocenters. The Balaban J connectivity index is 1.79. The van der Waals surface area contributed by atoms with Crippen LogP contribution in [0.25, 0.3) is 0 Å². The fraction of sp³-hybridized carbons (Fsp3) is 0.350. The molecule has 1 fully saturated rings. The van der Waals surface area contributed by atoms with Gasteiger partial charge in [0.15, 0.2) is 0 Å². The predicted molar refractivity (Wildman–Crippen MR) is 91.1 cm³/mol.